The number of nitrogens with zero attached hydrogens (tertiary/aromatic N) is 2. The second-order valence-corrected chi connectivity index (χ2v) is 6.18. The fourth-order valence-corrected chi connectivity index (χ4v) is 3.49. The van der Waals surface area contributed by atoms with Gasteiger partial charge in [-0.1, -0.05) is 11.6 Å². The van der Waals surface area contributed by atoms with E-state index >= 15 is 0 Å². The van der Waals surface area contributed by atoms with Crippen LogP contribution in [0.25, 0.3) is 0 Å². The second kappa shape index (κ2) is 6.22. The number of carbonyl (C=O) groups is 1. The van der Waals surface area contributed by atoms with E-state index in [1.165, 1.54) is 18.2 Å². The quantitative estimate of drug-likeness (QED) is 0.619. The number of rotatable bonds is 2. The molecule has 0 aromatic heterocycles. The maximum absolute atomic E-state index is 12.6. The molecule has 7 heteroatoms. The maximum atomic E-state index is 12.6. The van der Waals surface area contributed by atoms with Crippen LogP contribution in [-0.4, -0.2) is 41.5 Å². The summed E-state index contributed by atoms with van der Waals surface area (Å²) in [7, 11) is 0. The van der Waals surface area contributed by atoms with E-state index in [9.17, 15) is 14.9 Å². The van der Waals surface area contributed by atoms with E-state index in [4.69, 9.17) is 16.3 Å². The highest BCUT2D eigenvalue weighted by atomic mass is 35.5. The number of hydrogen-bond donors (Lipinski definition) is 0. The first kappa shape index (κ1) is 15.2. The van der Waals surface area contributed by atoms with Gasteiger partial charge in [-0.2, -0.15) is 0 Å². The molecule has 118 valence electrons. The number of piperidine rings is 1. The SMILES string of the molecule is O=C(c1ccc([N+](=O)[O-])c(Cl)c1)N1CC[C@H]2OCCC[C@@H]2C1. The van der Waals surface area contributed by atoms with E-state index in [0.29, 0.717) is 24.6 Å². The molecule has 0 radical (unpaired) electrons. The van der Waals surface area contributed by atoms with Crippen LogP contribution in [0.5, 0.6) is 0 Å². The molecule has 0 bridgehead atoms. The zero-order valence-corrected chi connectivity index (χ0v) is 12.8. The molecular formula is C15H17ClN2O4. The van der Waals surface area contributed by atoms with Crippen LogP contribution >= 0.6 is 11.6 Å². The molecule has 0 aliphatic carbocycles. The summed E-state index contributed by atoms with van der Waals surface area (Å²) in [5, 5.41) is 10.8. The van der Waals surface area contributed by atoms with E-state index in [0.717, 1.165) is 25.9 Å². The van der Waals surface area contributed by atoms with E-state index < -0.39 is 4.92 Å². The highest BCUT2D eigenvalue weighted by molar-refractivity contribution is 6.33. The van der Waals surface area contributed by atoms with Gasteiger partial charge in [0.15, 0.2) is 0 Å². The molecule has 0 unspecified atom stereocenters. The minimum absolute atomic E-state index is 0.00765. The smallest absolute Gasteiger partial charge is 0.287 e. The number of fused-ring (bicyclic) bond motifs is 1. The third kappa shape index (κ3) is 2.94. The lowest BCUT2D eigenvalue weighted by atomic mass is 9.88. The summed E-state index contributed by atoms with van der Waals surface area (Å²) in [5.74, 6) is 0.265. The van der Waals surface area contributed by atoms with Gasteiger partial charge in [-0.05, 0) is 31.4 Å². The molecule has 1 aromatic rings. The monoisotopic (exact) mass is 324 g/mol. The molecule has 0 saturated carbocycles. The van der Waals surface area contributed by atoms with E-state index in [1.807, 2.05) is 0 Å². The lowest BCUT2D eigenvalue weighted by molar-refractivity contribution is -0.384. The van der Waals surface area contributed by atoms with Crippen molar-refractivity contribution in [1.82, 2.24) is 4.90 Å². The third-order valence-corrected chi connectivity index (χ3v) is 4.70. The molecule has 1 aromatic carbocycles. The first-order valence-electron chi connectivity index (χ1n) is 7.41. The Kier molecular flexibility index (Phi) is 4.31. The van der Waals surface area contributed by atoms with Crippen molar-refractivity contribution in [2.45, 2.75) is 25.4 Å². The molecule has 2 fully saturated rings. The Morgan fingerprint density at radius 3 is 2.95 bits per heavy atom. The van der Waals surface area contributed by atoms with Gasteiger partial charge in [-0.25, -0.2) is 0 Å². The van der Waals surface area contributed by atoms with Crippen LogP contribution in [0.4, 0.5) is 5.69 Å². The number of likely N-dealkylation sites (tertiary alicyclic amines) is 1. The van der Waals surface area contributed by atoms with Crippen molar-refractivity contribution in [2.75, 3.05) is 19.7 Å². The van der Waals surface area contributed by atoms with Crippen molar-refractivity contribution in [3.05, 3.63) is 38.9 Å². The van der Waals surface area contributed by atoms with Gasteiger partial charge in [-0.3, -0.25) is 14.9 Å². The number of amides is 1. The Balaban J connectivity index is 1.74. The van der Waals surface area contributed by atoms with Gasteiger partial charge in [0.05, 0.1) is 11.0 Å². The van der Waals surface area contributed by atoms with Crippen LogP contribution in [0.3, 0.4) is 0 Å². The number of carbonyl (C=O) groups excluding carboxylic acids is 1. The Hall–Kier alpha value is -1.66. The Bertz CT molecular complexity index is 607. The summed E-state index contributed by atoms with van der Waals surface area (Å²) >= 11 is 5.89. The van der Waals surface area contributed by atoms with Crippen molar-refractivity contribution in [3.8, 4) is 0 Å². The lowest BCUT2D eigenvalue weighted by Gasteiger charge is -2.41. The number of halogens is 1. The van der Waals surface area contributed by atoms with Gasteiger partial charge >= 0.3 is 0 Å². The highest BCUT2D eigenvalue weighted by Crippen LogP contribution is 2.30. The number of nitro benzene ring substituents is 1. The number of ether oxygens (including phenoxy) is 1. The average Bonchev–Trinajstić information content (AvgIpc) is 2.53. The zero-order chi connectivity index (χ0) is 15.7. The van der Waals surface area contributed by atoms with Crippen LogP contribution in [0.2, 0.25) is 5.02 Å². The van der Waals surface area contributed by atoms with E-state index in [-0.39, 0.29) is 22.7 Å². The normalized spacial score (nSPS) is 24.7. The van der Waals surface area contributed by atoms with Crippen LogP contribution in [0.1, 0.15) is 29.6 Å². The fourth-order valence-electron chi connectivity index (χ4n) is 3.24. The number of nitro groups is 1. The molecule has 1 amide bonds. The molecular weight excluding hydrogens is 308 g/mol. The summed E-state index contributed by atoms with van der Waals surface area (Å²) in [6.45, 7) is 2.14. The van der Waals surface area contributed by atoms with Crippen molar-refractivity contribution >= 4 is 23.2 Å². The Labute approximate surface area is 133 Å². The lowest BCUT2D eigenvalue weighted by Crippen LogP contribution is -2.48. The second-order valence-electron chi connectivity index (χ2n) is 5.77. The largest absolute Gasteiger partial charge is 0.378 e. The van der Waals surface area contributed by atoms with Crippen molar-refractivity contribution < 1.29 is 14.5 Å². The van der Waals surface area contributed by atoms with E-state index in [2.05, 4.69) is 0 Å². The molecule has 6 nitrogen and oxygen atoms in total. The highest BCUT2D eigenvalue weighted by Gasteiger charge is 2.34. The van der Waals surface area contributed by atoms with Gasteiger partial charge in [-0.15, -0.1) is 0 Å². The minimum Gasteiger partial charge on any atom is -0.378 e. The molecule has 0 spiro atoms. The van der Waals surface area contributed by atoms with Crippen LogP contribution in [0.15, 0.2) is 18.2 Å². The predicted molar refractivity (Wildman–Crippen MR) is 81.1 cm³/mol. The summed E-state index contributed by atoms with van der Waals surface area (Å²) in [6, 6.07) is 4.13. The van der Waals surface area contributed by atoms with Crippen LogP contribution < -0.4 is 0 Å². The van der Waals surface area contributed by atoms with Gasteiger partial charge in [0.25, 0.3) is 11.6 Å². The molecule has 2 atom stereocenters. The molecule has 2 saturated heterocycles. The average molecular weight is 325 g/mol. The van der Waals surface area contributed by atoms with Gasteiger partial charge in [0, 0.05) is 37.2 Å². The molecule has 22 heavy (non-hydrogen) atoms. The Morgan fingerprint density at radius 2 is 2.23 bits per heavy atom. The predicted octanol–water partition coefficient (Wildman–Crippen LogP) is 2.89. The van der Waals surface area contributed by atoms with Crippen molar-refractivity contribution in [3.63, 3.8) is 0 Å². The molecule has 2 aliphatic rings. The fraction of sp³-hybridized carbons (Fsp3) is 0.533. The van der Waals surface area contributed by atoms with Crippen molar-refractivity contribution in [1.29, 1.82) is 0 Å². The zero-order valence-electron chi connectivity index (χ0n) is 12.0. The first-order valence-corrected chi connectivity index (χ1v) is 7.79. The Morgan fingerprint density at radius 1 is 1.41 bits per heavy atom. The standard InChI is InChI=1S/C15H17ClN2O4/c16-12-8-10(3-4-13(12)18(20)21)15(19)17-6-5-14-11(9-17)2-1-7-22-14/h3-4,8,11,14H,1-2,5-7,9H2/t11-,14-/m1/s1. The number of hydrogen-bond acceptors (Lipinski definition) is 4. The molecule has 2 heterocycles. The van der Waals surface area contributed by atoms with Gasteiger partial charge in [0.2, 0.25) is 0 Å². The molecule has 0 N–H and O–H groups in total. The molecule has 3 rings (SSSR count). The van der Waals surface area contributed by atoms with Gasteiger partial charge in [0.1, 0.15) is 5.02 Å². The van der Waals surface area contributed by atoms with Crippen LogP contribution in [0, 0.1) is 16.0 Å². The summed E-state index contributed by atoms with van der Waals surface area (Å²) in [4.78, 5) is 24.6. The summed E-state index contributed by atoms with van der Waals surface area (Å²) < 4.78 is 5.74. The van der Waals surface area contributed by atoms with Crippen LogP contribution in [-0.2, 0) is 4.74 Å². The first-order chi connectivity index (χ1) is 10.6. The summed E-state index contributed by atoms with van der Waals surface area (Å²) in [5.41, 5.74) is 0.211. The maximum Gasteiger partial charge on any atom is 0.287 e. The summed E-state index contributed by atoms with van der Waals surface area (Å²) in [6.07, 6.45) is 3.22. The van der Waals surface area contributed by atoms with Gasteiger partial charge < -0.3 is 9.64 Å². The van der Waals surface area contributed by atoms with Crippen molar-refractivity contribution in [2.24, 2.45) is 5.92 Å². The topological polar surface area (TPSA) is 72.7 Å². The van der Waals surface area contributed by atoms with E-state index in [1.54, 1.807) is 4.90 Å². The minimum atomic E-state index is -0.554. The number of benzene rings is 1. The molecule has 2 aliphatic heterocycles. The third-order valence-electron chi connectivity index (χ3n) is 4.39.